The summed E-state index contributed by atoms with van der Waals surface area (Å²) in [4.78, 5) is 15.6. The van der Waals surface area contributed by atoms with E-state index in [1.807, 2.05) is 40.6 Å². The maximum absolute atomic E-state index is 12.7. The van der Waals surface area contributed by atoms with E-state index in [4.69, 9.17) is 0 Å². The third-order valence-electron chi connectivity index (χ3n) is 3.98. The van der Waals surface area contributed by atoms with Gasteiger partial charge in [-0.05, 0) is 42.7 Å². The number of hydrogen-bond donors (Lipinski definition) is 0. The molecule has 2 aromatic rings. The number of carbonyl (C=O) groups excluding carboxylic acids is 1. The molecule has 3 heteroatoms. The van der Waals surface area contributed by atoms with E-state index in [-0.39, 0.29) is 5.91 Å². The quantitative estimate of drug-likeness (QED) is 0.806. The minimum absolute atomic E-state index is 0.170. The Morgan fingerprint density at radius 2 is 2.00 bits per heavy atom. The molecule has 1 fully saturated rings. The van der Waals surface area contributed by atoms with Gasteiger partial charge in [-0.15, -0.1) is 11.3 Å². The Labute approximate surface area is 124 Å². The van der Waals surface area contributed by atoms with Crippen molar-refractivity contribution in [1.82, 2.24) is 4.90 Å². The van der Waals surface area contributed by atoms with E-state index < -0.39 is 0 Å². The molecule has 2 nitrogen and oxygen atoms in total. The highest BCUT2D eigenvalue weighted by atomic mass is 32.1. The van der Waals surface area contributed by atoms with Crippen molar-refractivity contribution in [3.05, 3.63) is 58.3 Å². The molecule has 1 amide bonds. The first-order chi connectivity index (χ1) is 9.75. The topological polar surface area (TPSA) is 20.3 Å². The van der Waals surface area contributed by atoms with Crippen LogP contribution in [-0.4, -0.2) is 16.8 Å². The number of amides is 1. The van der Waals surface area contributed by atoms with Crippen LogP contribution in [0.4, 0.5) is 0 Å². The normalized spacial score (nSPS) is 15.8. The Morgan fingerprint density at radius 1 is 1.25 bits per heavy atom. The summed E-state index contributed by atoms with van der Waals surface area (Å²) in [5.74, 6) is 0.853. The summed E-state index contributed by atoms with van der Waals surface area (Å²) in [7, 11) is 0. The highest BCUT2D eigenvalue weighted by Crippen LogP contribution is 2.36. The lowest BCUT2D eigenvalue weighted by Gasteiger charge is -2.29. The van der Waals surface area contributed by atoms with Crippen LogP contribution in [-0.2, 0) is 6.54 Å². The molecule has 104 valence electrons. The lowest BCUT2D eigenvalue weighted by Crippen LogP contribution is -2.39. The lowest BCUT2D eigenvalue weighted by molar-refractivity contribution is 0.0659. The Hall–Kier alpha value is -1.61. The molecule has 0 aliphatic heterocycles. The van der Waals surface area contributed by atoms with Crippen LogP contribution in [0.15, 0.2) is 47.8 Å². The highest BCUT2D eigenvalue weighted by Gasteiger charge is 2.34. The van der Waals surface area contributed by atoms with Crippen LogP contribution in [0.5, 0.6) is 0 Å². The van der Waals surface area contributed by atoms with Crippen molar-refractivity contribution in [3.8, 4) is 0 Å². The fraction of sp³-hybridized carbons (Fsp3) is 0.353. The van der Waals surface area contributed by atoms with Crippen molar-refractivity contribution in [2.24, 2.45) is 5.92 Å². The third-order valence-corrected chi connectivity index (χ3v) is 4.84. The lowest BCUT2D eigenvalue weighted by atomic mass is 10.1. The van der Waals surface area contributed by atoms with E-state index in [1.165, 1.54) is 29.7 Å². The van der Waals surface area contributed by atoms with E-state index >= 15 is 0 Å². The standard InChI is InChI=1S/C17H19NOS/c1-13(15-9-10-15)18(12-14-6-3-2-4-7-14)17(19)16-8-5-11-20-16/h2-8,11,13,15H,9-10,12H2,1H3. The van der Waals surface area contributed by atoms with Crippen molar-refractivity contribution >= 4 is 17.2 Å². The molecule has 1 unspecified atom stereocenters. The summed E-state index contributed by atoms with van der Waals surface area (Å²) in [5, 5.41) is 1.97. The fourth-order valence-electron chi connectivity index (χ4n) is 2.56. The van der Waals surface area contributed by atoms with Crippen molar-refractivity contribution in [1.29, 1.82) is 0 Å². The van der Waals surface area contributed by atoms with Crippen LogP contribution in [0, 0.1) is 5.92 Å². The van der Waals surface area contributed by atoms with Gasteiger partial charge in [0.15, 0.2) is 0 Å². The molecule has 1 aromatic heterocycles. The molecular weight excluding hydrogens is 266 g/mol. The number of thiophene rings is 1. The van der Waals surface area contributed by atoms with E-state index in [2.05, 4.69) is 19.1 Å². The molecule has 0 saturated heterocycles. The largest absolute Gasteiger partial charge is 0.331 e. The van der Waals surface area contributed by atoms with Crippen LogP contribution in [0.25, 0.3) is 0 Å². The highest BCUT2D eigenvalue weighted by molar-refractivity contribution is 7.12. The van der Waals surface area contributed by atoms with Crippen LogP contribution in [0.1, 0.15) is 35.0 Å². The SMILES string of the molecule is CC(C1CC1)N(Cc1ccccc1)C(=O)c1cccs1. The molecule has 1 heterocycles. The van der Waals surface area contributed by atoms with Gasteiger partial charge in [-0.3, -0.25) is 4.79 Å². The number of rotatable bonds is 5. The molecule has 1 aromatic carbocycles. The van der Waals surface area contributed by atoms with Gasteiger partial charge >= 0.3 is 0 Å². The maximum atomic E-state index is 12.7. The number of benzene rings is 1. The molecule has 20 heavy (non-hydrogen) atoms. The predicted octanol–water partition coefficient (Wildman–Crippen LogP) is 4.19. The third kappa shape index (κ3) is 2.93. The number of hydrogen-bond acceptors (Lipinski definition) is 2. The molecule has 0 radical (unpaired) electrons. The molecule has 0 N–H and O–H groups in total. The van der Waals surface area contributed by atoms with Gasteiger partial charge in [0.1, 0.15) is 0 Å². The van der Waals surface area contributed by atoms with Crippen molar-refractivity contribution in [3.63, 3.8) is 0 Å². The van der Waals surface area contributed by atoms with Gasteiger partial charge < -0.3 is 4.90 Å². The first kappa shape index (κ1) is 13.4. The second-order valence-electron chi connectivity index (χ2n) is 5.47. The van der Waals surface area contributed by atoms with Crippen molar-refractivity contribution < 1.29 is 4.79 Å². The predicted molar refractivity (Wildman–Crippen MR) is 82.8 cm³/mol. The average Bonchev–Trinajstić information content (AvgIpc) is 3.19. The minimum Gasteiger partial charge on any atom is -0.331 e. The molecular formula is C17H19NOS. The van der Waals surface area contributed by atoms with Gasteiger partial charge in [-0.2, -0.15) is 0 Å². The van der Waals surface area contributed by atoms with Gasteiger partial charge in [-0.1, -0.05) is 36.4 Å². The van der Waals surface area contributed by atoms with Crippen molar-refractivity contribution in [2.75, 3.05) is 0 Å². The molecule has 0 spiro atoms. The van der Waals surface area contributed by atoms with Crippen LogP contribution < -0.4 is 0 Å². The van der Waals surface area contributed by atoms with Gasteiger partial charge in [-0.25, -0.2) is 0 Å². The molecule has 1 atom stereocenters. The van der Waals surface area contributed by atoms with Crippen LogP contribution >= 0.6 is 11.3 Å². The maximum Gasteiger partial charge on any atom is 0.264 e. The van der Waals surface area contributed by atoms with Gasteiger partial charge in [0.05, 0.1) is 4.88 Å². The Morgan fingerprint density at radius 3 is 2.60 bits per heavy atom. The van der Waals surface area contributed by atoms with Gasteiger partial charge in [0, 0.05) is 12.6 Å². The fourth-order valence-corrected chi connectivity index (χ4v) is 3.23. The molecule has 3 rings (SSSR count). The monoisotopic (exact) mass is 285 g/mol. The average molecular weight is 285 g/mol. The number of carbonyl (C=O) groups is 1. The zero-order valence-corrected chi connectivity index (χ0v) is 12.5. The van der Waals surface area contributed by atoms with E-state index in [1.54, 1.807) is 0 Å². The minimum atomic E-state index is 0.170. The molecule has 1 aliphatic rings. The number of nitrogens with zero attached hydrogens (tertiary/aromatic N) is 1. The first-order valence-electron chi connectivity index (χ1n) is 7.14. The second kappa shape index (κ2) is 5.80. The van der Waals surface area contributed by atoms with Gasteiger partial charge in [0.2, 0.25) is 0 Å². The van der Waals surface area contributed by atoms with E-state index in [0.717, 1.165) is 4.88 Å². The molecule has 1 saturated carbocycles. The molecule has 1 aliphatic carbocycles. The second-order valence-corrected chi connectivity index (χ2v) is 6.42. The van der Waals surface area contributed by atoms with Crippen molar-refractivity contribution in [2.45, 2.75) is 32.4 Å². The first-order valence-corrected chi connectivity index (χ1v) is 8.02. The van der Waals surface area contributed by atoms with Crippen LogP contribution in [0.3, 0.4) is 0 Å². The summed E-state index contributed by atoms with van der Waals surface area (Å²) in [5.41, 5.74) is 1.20. The smallest absolute Gasteiger partial charge is 0.264 e. The Kier molecular flexibility index (Phi) is 3.88. The Balaban J connectivity index is 1.82. The van der Waals surface area contributed by atoms with E-state index in [9.17, 15) is 4.79 Å². The Bertz CT molecular complexity index is 560. The summed E-state index contributed by atoms with van der Waals surface area (Å²) < 4.78 is 0. The summed E-state index contributed by atoms with van der Waals surface area (Å²) in [6, 6.07) is 14.5. The summed E-state index contributed by atoms with van der Waals surface area (Å²) in [6.45, 7) is 2.89. The summed E-state index contributed by atoms with van der Waals surface area (Å²) >= 11 is 1.53. The zero-order chi connectivity index (χ0) is 13.9. The van der Waals surface area contributed by atoms with Crippen LogP contribution in [0.2, 0.25) is 0 Å². The van der Waals surface area contributed by atoms with E-state index in [0.29, 0.717) is 18.5 Å². The molecule has 0 bridgehead atoms. The summed E-state index contributed by atoms with van der Waals surface area (Å²) in [6.07, 6.45) is 2.51. The van der Waals surface area contributed by atoms with Gasteiger partial charge in [0.25, 0.3) is 5.91 Å². The zero-order valence-electron chi connectivity index (χ0n) is 11.7.